The molecule has 2 heterocycles. The SMILES string of the molecule is CC(C)c1cc[c-]c(-c2cc(-c3ccccc3)c(C(C)C)cn2)c1.C[Si](C)(C)c1cnc(-c2[c-]cccc2)cc1C1CCCC1.[Ir]. The van der Waals surface area contributed by atoms with Crippen LogP contribution in [-0.2, 0) is 20.1 Å². The van der Waals surface area contributed by atoms with Crippen LogP contribution in [0.3, 0.4) is 0 Å². The Hall–Kier alpha value is -3.17. The van der Waals surface area contributed by atoms with Crippen LogP contribution in [0.2, 0.25) is 19.6 Å². The predicted octanol–water partition coefficient (Wildman–Crippen LogP) is 11.2. The van der Waals surface area contributed by atoms with Crippen LogP contribution in [0, 0.1) is 12.1 Å². The van der Waals surface area contributed by atoms with Gasteiger partial charge in [-0.1, -0.05) is 108 Å². The van der Waals surface area contributed by atoms with Crippen molar-refractivity contribution in [3.05, 3.63) is 126 Å². The molecule has 0 N–H and O–H groups in total. The van der Waals surface area contributed by atoms with E-state index < -0.39 is 8.07 Å². The van der Waals surface area contributed by atoms with E-state index in [1.54, 1.807) is 10.8 Å². The summed E-state index contributed by atoms with van der Waals surface area (Å²) in [6.07, 6.45) is 9.64. The van der Waals surface area contributed by atoms with Crippen molar-refractivity contribution < 1.29 is 20.1 Å². The van der Waals surface area contributed by atoms with Crippen LogP contribution in [-0.4, -0.2) is 18.0 Å². The molecule has 5 aromatic rings. The molecule has 2 nitrogen and oxygen atoms in total. The molecule has 0 unspecified atom stereocenters. The Morgan fingerprint density at radius 2 is 1.35 bits per heavy atom. The first-order valence-corrected chi connectivity index (χ1v) is 20.2. The minimum Gasteiger partial charge on any atom is -0.305 e. The fourth-order valence-corrected chi connectivity index (χ4v) is 7.90. The standard InChI is InChI=1S/C23H24N.C19H24NSi.Ir/c1-16(2)19-11-8-12-20(13-19)23-14-21(18-9-6-5-7-10-18)22(15-24-23)17(3)4;1-21(2,3)19-14-20-18(16-11-5-4-6-12-16)13-17(19)15-9-7-8-10-15;/h5-11,13-17H,1-4H3;4-6,11,13-15H,7-10H2,1-3H3;/q2*-1;. The molecule has 0 aliphatic heterocycles. The molecule has 6 rings (SSSR count). The van der Waals surface area contributed by atoms with Crippen molar-refractivity contribution in [2.75, 3.05) is 0 Å². The monoisotopic (exact) mass is 801 g/mol. The molecule has 1 saturated carbocycles. The Kier molecular flexibility index (Phi) is 12.5. The molecular formula is C42H48IrN2Si-2. The third kappa shape index (κ3) is 8.79. The minimum atomic E-state index is -1.34. The van der Waals surface area contributed by atoms with Gasteiger partial charge in [-0.25, -0.2) is 0 Å². The molecule has 1 aliphatic carbocycles. The molecule has 0 saturated heterocycles. The summed E-state index contributed by atoms with van der Waals surface area (Å²) >= 11 is 0. The van der Waals surface area contributed by atoms with Gasteiger partial charge in [0.25, 0.3) is 0 Å². The van der Waals surface area contributed by atoms with Gasteiger partial charge in [-0.2, -0.15) is 0 Å². The molecule has 0 amide bonds. The number of aromatic nitrogens is 2. The second-order valence-electron chi connectivity index (χ2n) is 14.0. The minimum absolute atomic E-state index is 0. The van der Waals surface area contributed by atoms with Gasteiger partial charge in [0.15, 0.2) is 0 Å². The quantitative estimate of drug-likeness (QED) is 0.121. The summed E-state index contributed by atoms with van der Waals surface area (Å²) in [5, 5.41) is 1.55. The Bertz CT molecular complexity index is 1680. The summed E-state index contributed by atoms with van der Waals surface area (Å²) in [5.74, 6) is 1.69. The molecule has 0 bridgehead atoms. The van der Waals surface area contributed by atoms with Crippen LogP contribution >= 0.6 is 0 Å². The largest absolute Gasteiger partial charge is 0.305 e. The normalized spacial score (nSPS) is 13.3. The van der Waals surface area contributed by atoms with E-state index in [0.29, 0.717) is 11.8 Å². The van der Waals surface area contributed by atoms with Crippen molar-refractivity contribution in [2.24, 2.45) is 0 Å². The van der Waals surface area contributed by atoms with Crippen LogP contribution in [0.4, 0.5) is 0 Å². The Morgan fingerprint density at radius 1 is 0.696 bits per heavy atom. The third-order valence-corrected chi connectivity index (χ3v) is 11.0. The third-order valence-electron chi connectivity index (χ3n) is 8.93. The van der Waals surface area contributed by atoms with E-state index in [0.717, 1.165) is 28.4 Å². The van der Waals surface area contributed by atoms with Crippen LogP contribution in [0.1, 0.15) is 87.8 Å². The smallest absolute Gasteiger partial charge is 0.0799 e. The van der Waals surface area contributed by atoms with Crippen LogP contribution in [0.15, 0.2) is 97.3 Å². The van der Waals surface area contributed by atoms with E-state index in [4.69, 9.17) is 9.97 Å². The summed E-state index contributed by atoms with van der Waals surface area (Å²) < 4.78 is 0. The van der Waals surface area contributed by atoms with Gasteiger partial charge in [-0.15, -0.1) is 71.3 Å². The van der Waals surface area contributed by atoms with Gasteiger partial charge in [0.2, 0.25) is 0 Å². The van der Waals surface area contributed by atoms with E-state index in [-0.39, 0.29) is 20.1 Å². The van der Waals surface area contributed by atoms with Gasteiger partial charge in [0, 0.05) is 32.5 Å². The van der Waals surface area contributed by atoms with Crippen LogP contribution in [0.5, 0.6) is 0 Å². The van der Waals surface area contributed by atoms with Crippen molar-refractivity contribution in [1.29, 1.82) is 0 Å². The van der Waals surface area contributed by atoms with E-state index in [2.05, 4.69) is 132 Å². The molecule has 3 aromatic carbocycles. The average Bonchev–Trinajstić information content (AvgIpc) is 3.60. The molecule has 1 fully saturated rings. The number of nitrogens with zero attached hydrogens (tertiary/aromatic N) is 2. The maximum Gasteiger partial charge on any atom is 0.0799 e. The molecule has 0 atom stereocenters. The van der Waals surface area contributed by atoms with Crippen molar-refractivity contribution in [3.63, 3.8) is 0 Å². The topological polar surface area (TPSA) is 25.8 Å². The first-order valence-electron chi connectivity index (χ1n) is 16.7. The predicted molar refractivity (Wildman–Crippen MR) is 195 cm³/mol. The van der Waals surface area contributed by atoms with Gasteiger partial charge in [0.05, 0.1) is 8.07 Å². The second-order valence-corrected chi connectivity index (χ2v) is 19.1. The molecule has 4 heteroatoms. The fraction of sp³-hybridized carbons (Fsp3) is 0.333. The molecule has 1 radical (unpaired) electrons. The summed E-state index contributed by atoms with van der Waals surface area (Å²) in [6.45, 7) is 16.1. The van der Waals surface area contributed by atoms with E-state index in [9.17, 15) is 0 Å². The summed E-state index contributed by atoms with van der Waals surface area (Å²) in [4.78, 5) is 9.48. The Labute approximate surface area is 292 Å². The fourth-order valence-electron chi connectivity index (χ4n) is 6.30. The first kappa shape index (κ1) is 35.7. The van der Waals surface area contributed by atoms with E-state index >= 15 is 0 Å². The maximum absolute atomic E-state index is 4.75. The van der Waals surface area contributed by atoms with Gasteiger partial charge in [0.1, 0.15) is 0 Å². The second kappa shape index (κ2) is 16.1. The number of rotatable bonds is 7. The zero-order valence-corrected chi connectivity index (χ0v) is 31.9. The number of hydrogen-bond donors (Lipinski definition) is 0. The maximum atomic E-state index is 4.75. The van der Waals surface area contributed by atoms with Crippen molar-refractivity contribution in [3.8, 4) is 33.6 Å². The van der Waals surface area contributed by atoms with Crippen molar-refractivity contribution >= 4 is 13.3 Å². The zero-order valence-electron chi connectivity index (χ0n) is 28.5. The molecule has 1 aliphatic rings. The van der Waals surface area contributed by atoms with Gasteiger partial charge < -0.3 is 9.97 Å². The average molecular weight is 801 g/mol. The summed E-state index contributed by atoms with van der Waals surface area (Å²) in [6, 6.07) is 36.3. The van der Waals surface area contributed by atoms with Gasteiger partial charge >= 0.3 is 0 Å². The summed E-state index contributed by atoms with van der Waals surface area (Å²) in [5.41, 5.74) is 10.9. The molecule has 2 aromatic heterocycles. The van der Waals surface area contributed by atoms with Crippen LogP contribution < -0.4 is 5.19 Å². The molecule has 46 heavy (non-hydrogen) atoms. The van der Waals surface area contributed by atoms with E-state index in [1.807, 2.05) is 24.4 Å². The van der Waals surface area contributed by atoms with Crippen LogP contribution in [0.25, 0.3) is 33.6 Å². The zero-order chi connectivity index (χ0) is 32.0. The Balaban J connectivity index is 0.000000206. The van der Waals surface area contributed by atoms with Gasteiger partial charge in [-0.3, -0.25) is 0 Å². The summed E-state index contributed by atoms with van der Waals surface area (Å²) in [7, 11) is -1.34. The van der Waals surface area contributed by atoms with E-state index in [1.165, 1.54) is 47.9 Å². The molecular weight excluding hydrogens is 753 g/mol. The Morgan fingerprint density at radius 3 is 1.98 bits per heavy atom. The molecule has 0 spiro atoms. The number of hydrogen-bond acceptors (Lipinski definition) is 2. The number of benzene rings is 3. The van der Waals surface area contributed by atoms with Crippen molar-refractivity contribution in [2.45, 2.75) is 90.8 Å². The van der Waals surface area contributed by atoms with Gasteiger partial charge in [-0.05, 0) is 63.9 Å². The number of pyridine rings is 2. The van der Waals surface area contributed by atoms with Crippen molar-refractivity contribution in [1.82, 2.24) is 9.97 Å². The molecule has 241 valence electrons. The first-order chi connectivity index (χ1) is 21.6.